The molecule has 2 aromatic heterocycles. The lowest BCUT2D eigenvalue weighted by Crippen LogP contribution is -2.41. The van der Waals surface area contributed by atoms with Crippen LogP contribution in [0.2, 0.25) is 0 Å². The number of carbonyl (C=O) groups is 1. The van der Waals surface area contributed by atoms with Crippen LogP contribution in [0, 0.1) is 5.92 Å². The molecule has 0 aliphatic carbocycles. The summed E-state index contributed by atoms with van der Waals surface area (Å²) in [5, 5.41) is 11.7. The Labute approximate surface area is 173 Å². The van der Waals surface area contributed by atoms with Crippen LogP contribution in [0.3, 0.4) is 0 Å². The molecular formula is C22H21N5O3. The quantitative estimate of drug-likeness (QED) is 0.716. The molecule has 3 aromatic rings. The van der Waals surface area contributed by atoms with Gasteiger partial charge in [0.2, 0.25) is 12.7 Å². The molecule has 1 fully saturated rings. The van der Waals surface area contributed by atoms with Crippen molar-refractivity contribution in [3.05, 3.63) is 54.9 Å². The molecule has 2 aliphatic rings. The number of amides is 1. The highest BCUT2D eigenvalue weighted by Crippen LogP contribution is 2.34. The number of piperidine rings is 1. The standard InChI is InChI=1S/C22H21N5O3/c28-22(24-17-3-5-19-20(12-17)30-14-29-19)16-2-1-11-27(13-16)21-6-4-18(25-26-21)15-7-9-23-10-8-15/h3-10,12,16H,1-2,11,13-14H2,(H,24,28). The van der Waals surface area contributed by atoms with Gasteiger partial charge in [0.15, 0.2) is 17.3 Å². The summed E-state index contributed by atoms with van der Waals surface area (Å²) in [7, 11) is 0. The third-order valence-electron chi connectivity index (χ3n) is 5.38. The largest absolute Gasteiger partial charge is 0.454 e. The van der Waals surface area contributed by atoms with Gasteiger partial charge in [-0.15, -0.1) is 10.2 Å². The normalized spacial score (nSPS) is 17.6. The maximum Gasteiger partial charge on any atom is 0.231 e. The predicted molar refractivity (Wildman–Crippen MR) is 111 cm³/mol. The Morgan fingerprint density at radius 2 is 1.90 bits per heavy atom. The zero-order valence-electron chi connectivity index (χ0n) is 16.3. The second kappa shape index (κ2) is 7.98. The molecule has 1 N–H and O–H groups in total. The molecule has 1 saturated heterocycles. The van der Waals surface area contributed by atoms with Crippen molar-refractivity contribution in [2.45, 2.75) is 12.8 Å². The minimum atomic E-state index is -0.120. The summed E-state index contributed by atoms with van der Waals surface area (Å²) >= 11 is 0. The van der Waals surface area contributed by atoms with Crippen molar-refractivity contribution < 1.29 is 14.3 Å². The molecule has 0 saturated carbocycles. The van der Waals surface area contributed by atoms with Gasteiger partial charge in [0, 0.05) is 42.8 Å². The minimum Gasteiger partial charge on any atom is -0.454 e. The number of carbonyl (C=O) groups excluding carboxylic acids is 1. The van der Waals surface area contributed by atoms with Gasteiger partial charge in [-0.2, -0.15) is 0 Å². The summed E-state index contributed by atoms with van der Waals surface area (Å²) in [6.45, 7) is 1.68. The van der Waals surface area contributed by atoms with Crippen molar-refractivity contribution in [2.24, 2.45) is 5.92 Å². The number of hydrogen-bond acceptors (Lipinski definition) is 7. The van der Waals surface area contributed by atoms with E-state index in [1.54, 1.807) is 18.5 Å². The van der Waals surface area contributed by atoms with Gasteiger partial charge < -0.3 is 19.7 Å². The Hall–Kier alpha value is -3.68. The summed E-state index contributed by atoms with van der Waals surface area (Å²) < 4.78 is 10.7. The summed E-state index contributed by atoms with van der Waals surface area (Å²) in [5.74, 6) is 2.02. The highest BCUT2D eigenvalue weighted by Gasteiger charge is 2.27. The molecule has 1 unspecified atom stereocenters. The number of hydrogen-bond donors (Lipinski definition) is 1. The summed E-state index contributed by atoms with van der Waals surface area (Å²) in [6, 6.07) is 13.2. The fourth-order valence-electron chi connectivity index (χ4n) is 3.79. The van der Waals surface area contributed by atoms with Crippen LogP contribution in [0.25, 0.3) is 11.3 Å². The zero-order valence-corrected chi connectivity index (χ0v) is 16.3. The second-order valence-corrected chi connectivity index (χ2v) is 7.36. The number of ether oxygens (including phenoxy) is 2. The SMILES string of the molecule is O=C(Nc1ccc2c(c1)OCO2)C1CCCN(c2ccc(-c3ccncc3)nn2)C1. The lowest BCUT2D eigenvalue weighted by atomic mass is 9.97. The summed E-state index contributed by atoms with van der Waals surface area (Å²) in [4.78, 5) is 19.0. The smallest absolute Gasteiger partial charge is 0.231 e. The Balaban J connectivity index is 1.25. The van der Waals surface area contributed by atoms with E-state index in [4.69, 9.17) is 9.47 Å². The van der Waals surface area contributed by atoms with Crippen molar-refractivity contribution in [2.75, 3.05) is 30.1 Å². The third kappa shape index (κ3) is 3.76. The van der Waals surface area contributed by atoms with E-state index in [0.717, 1.165) is 36.5 Å². The van der Waals surface area contributed by atoms with Crippen molar-refractivity contribution in [1.82, 2.24) is 15.2 Å². The van der Waals surface area contributed by atoms with Gasteiger partial charge in [-0.05, 0) is 49.2 Å². The Bertz CT molecular complexity index is 1040. The van der Waals surface area contributed by atoms with Crippen molar-refractivity contribution in [1.29, 1.82) is 0 Å². The van der Waals surface area contributed by atoms with Crippen LogP contribution < -0.4 is 19.7 Å². The number of aromatic nitrogens is 3. The Morgan fingerprint density at radius 1 is 1.03 bits per heavy atom. The van der Waals surface area contributed by atoms with E-state index >= 15 is 0 Å². The number of rotatable bonds is 4. The van der Waals surface area contributed by atoms with E-state index in [-0.39, 0.29) is 18.6 Å². The maximum absolute atomic E-state index is 12.8. The van der Waals surface area contributed by atoms with E-state index in [9.17, 15) is 4.79 Å². The number of nitrogens with zero attached hydrogens (tertiary/aromatic N) is 4. The van der Waals surface area contributed by atoms with Crippen LogP contribution in [0.4, 0.5) is 11.5 Å². The topological polar surface area (TPSA) is 89.5 Å². The second-order valence-electron chi connectivity index (χ2n) is 7.36. The molecule has 152 valence electrons. The number of pyridine rings is 1. The molecule has 8 heteroatoms. The van der Waals surface area contributed by atoms with Crippen molar-refractivity contribution >= 4 is 17.4 Å². The molecule has 1 aromatic carbocycles. The minimum absolute atomic E-state index is 0.0000646. The molecule has 1 atom stereocenters. The van der Waals surface area contributed by atoms with Crippen molar-refractivity contribution in [3.63, 3.8) is 0 Å². The fourth-order valence-corrected chi connectivity index (χ4v) is 3.79. The van der Waals surface area contributed by atoms with Crippen LogP contribution in [0.1, 0.15) is 12.8 Å². The number of anilines is 2. The van der Waals surface area contributed by atoms with E-state index in [0.29, 0.717) is 23.7 Å². The summed E-state index contributed by atoms with van der Waals surface area (Å²) in [5.41, 5.74) is 2.49. The van der Waals surface area contributed by atoms with E-state index < -0.39 is 0 Å². The van der Waals surface area contributed by atoms with Crippen LogP contribution in [0.5, 0.6) is 11.5 Å². The number of nitrogens with one attached hydrogen (secondary N) is 1. The molecule has 0 radical (unpaired) electrons. The average molecular weight is 403 g/mol. The van der Waals surface area contributed by atoms with Gasteiger partial charge in [0.05, 0.1) is 11.6 Å². The van der Waals surface area contributed by atoms with Crippen molar-refractivity contribution in [3.8, 4) is 22.8 Å². The zero-order chi connectivity index (χ0) is 20.3. The predicted octanol–water partition coefficient (Wildman–Crippen LogP) is 3.12. The first-order valence-corrected chi connectivity index (χ1v) is 9.96. The van der Waals surface area contributed by atoms with Crippen LogP contribution >= 0.6 is 0 Å². The molecule has 4 heterocycles. The van der Waals surface area contributed by atoms with Gasteiger partial charge in [-0.1, -0.05) is 0 Å². The molecule has 0 spiro atoms. The third-order valence-corrected chi connectivity index (χ3v) is 5.38. The number of fused-ring (bicyclic) bond motifs is 1. The molecule has 30 heavy (non-hydrogen) atoms. The Morgan fingerprint density at radius 3 is 2.73 bits per heavy atom. The molecule has 0 bridgehead atoms. The van der Waals surface area contributed by atoms with Gasteiger partial charge >= 0.3 is 0 Å². The molecule has 2 aliphatic heterocycles. The van der Waals surface area contributed by atoms with E-state index in [1.165, 1.54) is 0 Å². The van der Waals surface area contributed by atoms with Gasteiger partial charge in [0.25, 0.3) is 0 Å². The lowest BCUT2D eigenvalue weighted by molar-refractivity contribution is -0.120. The lowest BCUT2D eigenvalue weighted by Gasteiger charge is -2.32. The summed E-state index contributed by atoms with van der Waals surface area (Å²) in [6.07, 6.45) is 5.24. The highest BCUT2D eigenvalue weighted by atomic mass is 16.7. The average Bonchev–Trinajstić information content (AvgIpc) is 3.28. The first kappa shape index (κ1) is 18.4. The molecular weight excluding hydrogens is 382 g/mol. The van der Waals surface area contributed by atoms with Gasteiger partial charge in [-0.3, -0.25) is 9.78 Å². The number of benzene rings is 1. The van der Waals surface area contributed by atoms with Crippen LogP contribution in [-0.2, 0) is 4.79 Å². The molecule has 5 rings (SSSR count). The van der Waals surface area contributed by atoms with Gasteiger partial charge in [0.1, 0.15) is 0 Å². The first-order chi connectivity index (χ1) is 14.8. The van der Waals surface area contributed by atoms with Gasteiger partial charge in [-0.25, -0.2) is 0 Å². The first-order valence-electron chi connectivity index (χ1n) is 9.96. The Kier molecular flexibility index (Phi) is 4.88. The maximum atomic E-state index is 12.8. The monoisotopic (exact) mass is 403 g/mol. The van der Waals surface area contributed by atoms with E-state index in [2.05, 4.69) is 25.4 Å². The molecule has 8 nitrogen and oxygen atoms in total. The highest BCUT2D eigenvalue weighted by molar-refractivity contribution is 5.93. The van der Waals surface area contributed by atoms with Crippen LogP contribution in [0.15, 0.2) is 54.9 Å². The van der Waals surface area contributed by atoms with Crippen LogP contribution in [-0.4, -0.2) is 41.0 Å². The fraction of sp³-hybridized carbons (Fsp3) is 0.273. The van der Waals surface area contributed by atoms with E-state index in [1.807, 2.05) is 36.4 Å². The molecule has 1 amide bonds.